The van der Waals surface area contributed by atoms with Crippen LogP contribution in [0.2, 0.25) is 0 Å². The van der Waals surface area contributed by atoms with Gasteiger partial charge in [-0.25, -0.2) is 0 Å². The minimum absolute atomic E-state index is 0.00911. The van der Waals surface area contributed by atoms with Crippen molar-refractivity contribution in [1.82, 2.24) is 4.90 Å². The second-order valence-electron chi connectivity index (χ2n) is 6.48. The molecule has 0 spiro atoms. The van der Waals surface area contributed by atoms with Gasteiger partial charge in [0.15, 0.2) is 0 Å². The highest BCUT2D eigenvalue weighted by molar-refractivity contribution is 7.12. The molecule has 112 valence electrons. The number of morpholine rings is 1. The zero-order chi connectivity index (χ0) is 14.0. The summed E-state index contributed by atoms with van der Waals surface area (Å²) < 4.78 is 11.7. The van der Waals surface area contributed by atoms with Gasteiger partial charge in [0.2, 0.25) is 0 Å². The molecule has 0 radical (unpaired) electrons. The molecule has 0 bridgehead atoms. The average Bonchev–Trinajstić information content (AvgIpc) is 2.87. The highest BCUT2D eigenvalue weighted by Gasteiger charge is 2.27. The fourth-order valence-electron chi connectivity index (χ4n) is 3.09. The van der Waals surface area contributed by atoms with E-state index in [1.165, 1.54) is 29.0 Å². The van der Waals surface area contributed by atoms with Crippen LogP contribution in [0.5, 0.6) is 0 Å². The predicted molar refractivity (Wildman–Crippen MR) is 82.2 cm³/mol. The summed E-state index contributed by atoms with van der Waals surface area (Å²) in [6, 6.07) is 4.54. The zero-order valence-corrected chi connectivity index (χ0v) is 13.4. The number of rotatable bonds is 3. The van der Waals surface area contributed by atoms with E-state index in [-0.39, 0.29) is 5.60 Å². The molecule has 1 aromatic heterocycles. The molecule has 0 aromatic carbocycles. The Morgan fingerprint density at radius 2 is 2.20 bits per heavy atom. The predicted octanol–water partition coefficient (Wildman–Crippen LogP) is 3.60. The van der Waals surface area contributed by atoms with Gasteiger partial charge >= 0.3 is 0 Å². The third-order valence-corrected chi connectivity index (χ3v) is 5.23. The largest absolute Gasteiger partial charge is 0.373 e. The zero-order valence-electron chi connectivity index (χ0n) is 12.6. The third-order valence-electron chi connectivity index (χ3n) is 4.06. The van der Waals surface area contributed by atoms with Crippen LogP contribution in [0.4, 0.5) is 0 Å². The van der Waals surface area contributed by atoms with Gasteiger partial charge in [-0.3, -0.25) is 4.90 Å². The van der Waals surface area contributed by atoms with E-state index in [2.05, 4.69) is 30.9 Å². The summed E-state index contributed by atoms with van der Waals surface area (Å²) in [6.45, 7) is 9.22. The van der Waals surface area contributed by atoms with Gasteiger partial charge in [-0.1, -0.05) is 0 Å². The summed E-state index contributed by atoms with van der Waals surface area (Å²) in [5.74, 6) is 0. The molecule has 1 aromatic rings. The standard InChI is InChI=1S/C16H25NO2S/c1-16(2)12-17(8-10-19-16)11-13-6-7-15(20-13)14-5-3-4-9-18-14/h6-7,14H,3-5,8-12H2,1-2H3/t14-/m1/s1. The first-order chi connectivity index (χ1) is 9.62. The molecule has 20 heavy (non-hydrogen) atoms. The summed E-state index contributed by atoms with van der Waals surface area (Å²) in [5.41, 5.74) is -0.00911. The van der Waals surface area contributed by atoms with Crippen LogP contribution in [-0.2, 0) is 16.0 Å². The smallest absolute Gasteiger partial charge is 0.0916 e. The van der Waals surface area contributed by atoms with Crippen LogP contribution < -0.4 is 0 Å². The SMILES string of the molecule is CC1(C)CN(Cc2ccc([C@H]3CCCCO3)s2)CCO1. The lowest BCUT2D eigenvalue weighted by atomic mass is 10.1. The van der Waals surface area contributed by atoms with Crippen LogP contribution >= 0.6 is 11.3 Å². The van der Waals surface area contributed by atoms with Crippen molar-refractivity contribution in [1.29, 1.82) is 0 Å². The number of hydrogen-bond acceptors (Lipinski definition) is 4. The van der Waals surface area contributed by atoms with E-state index in [1.54, 1.807) is 0 Å². The van der Waals surface area contributed by atoms with E-state index >= 15 is 0 Å². The molecule has 0 amide bonds. The van der Waals surface area contributed by atoms with E-state index in [0.29, 0.717) is 6.10 Å². The van der Waals surface area contributed by atoms with Crippen LogP contribution in [0.15, 0.2) is 12.1 Å². The molecular weight excluding hydrogens is 270 g/mol. The van der Waals surface area contributed by atoms with Crippen molar-refractivity contribution < 1.29 is 9.47 Å². The first kappa shape index (κ1) is 14.5. The van der Waals surface area contributed by atoms with Crippen molar-refractivity contribution in [3.63, 3.8) is 0 Å². The number of hydrogen-bond donors (Lipinski definition) is 0. The Balaban J connectivity index is 1.59. The van der Waals surface area contributed by atoms with Crippen molar-refractivity contribution in [2.45, 2.75) is 51.4 Å². The molecule has 3 heterocycles. The lowest BCUT2D eigenvalue weighted by Crippen LogP contribution is -2.47. The Labute approximate surface area is 125 Å². The maximum Gasteiger partial charge on any atom is 0.0916 e. The third kappa shape index (κ3) is 3.61. The second-order valence-corrected chi connectivity index (χ2v) is 7.68. The van der Waals surface area contributed by atoms with E-state index in [9.17, 15) is 0 Å². The van der Waals surface area contributed by atoms with Gasteiger partial charge in [-0.15, -0.1) is 11.3 Å². The molecule has 3 nitrogen and oxygen atoms in total. The van der Waals surface area contributed by atoms with Crippen molar-refractivity contribution >= 4 is 11.3 Å². The van der Waals surface area contributed by atoms with Gasteiger partial charge in [0, 0.05) is 36.0 Å². The molecule has 0 unspecified atom stereocenters. The Kier molecular flexibility index (Phi) is 4.46. The normalized spacial score (nSPS) is 27.6. The topological polar surface area (TPSA) is 21.7 Å². The van der Waals surface area contributed by atoms with E-state index < -0.39 is 0 Å². The quantitative estimate of drug-likeness (QED) is 0.850. The van der Waals surface area contributed by atoms with Gasteiger partial charge in [0.25, 0.3) is 0 Å². The van der Waals surface area contributed by atoms with Crippen LogP contribution in [0.3, 0.4) is 0 Å². The number of thiophene rings is 1. The van der Waals surface area contributed by atoms with E-state index in [1.807, 2.05) is 11.3 Å². The monoisotopic (exact) mass is 295 g/mol. The summed E-state index contributed by atoms with van der Waals surface area (Å²) in [4.78, 5) is 5.36. The van der Waals surface area contributed by atoms with Crippen LogP contribution in [0, 0.1) is 0 Å². The molecule has 0 saturated carbocycles. The van der Waals surface area contributed by atoms with Gasteiger partial charge in [0.05, 0.1) is 18.3 Å². The Morgan fingerprint density at radius 3 is 2.95 bits per heavy atom. The summed E-state index contributed by atoms with van der Waals surface area (Å²) in [5, 5.41) is 0. The van der Waals surface area contributed by atoms with Crippen molar-refractivity contribution in [3.05, 3.63) is 21.9 Å². The fraction of sp³-hybridized carbons (Fsp3) is 0.750. The molecule has 2 fully saturated rings. The van der Waals surface area contributed by atoms with Gasteiger partial charge < -0.3 is 9.47 Å². The summed E-state index contributed by atoms with van der Waals surface area (Å²) in [6.07, 6.45) is 4.06. The first-order valence-electron chi connectivity index (χ1n) is 7.69. The lowest BCUT2D eigenvalue weighted by molar-refractivity contribution is -0.0880. The molecule has 0 N–H and O–H groups in total. The Hall–Kier alpha value is -0.420. The van der Waals surface area contributed by atoms with E-state index in [0.717, 1.165) is 32.8 Å². The van der Waals surface area contributed by atoms with Gasteiger partial charge in [-0.2, -0.15) is 0 Å². The molecule has 2 aliphatic heterocycles. The van der Waals surface area contributed by atoms with E-state index in [4.69, 9.17) is 9.47 Å². The average molecular weight is 295 g/mol. The first-order valence-corrected chi connectivity index (χ1v) is 8.51. The molecule has 1 atom stereocenters. The second kappa shape index (κ2) is 6.14. The highest BCUT2D eigenvalue weighted by Crippen LogP contribution is 2.33. The lowest BCUT2D eigenvalue weighted by Gasteiger charge is -2.37. The van der Waals surface area contributed by atoms with Gasteiger partial charge in [-0.05, 0) is 45.2 Å². The Bertz CT molecular complexity index is 437. The van der Waals surface area contributed by atoms with Crippen LogP contribution in [0.25, 0.3) is 0 Å². The minimum Gasteiger partial charge on any atom is -0.373 e. The molecule has 2 saturated heterocycles. The number of ether oxygens (including phenoxy) is 2. The number of nitrogens with zero attached hydrogens (tertiary/aromatic N) is 1. The maximum absolute atomic E-state index is 5.88. The van der Waals surface area contributed by atoms with Crippen LogP contribution in [-0.4, -0.2) is 36.8 Å². The molecule has 2 aliphatic rings. The maximum atomic E-state index is 5.88. The molecule has 0 aliphatic carbocycles. The van der Waals surface area contributed by atoms with Gasteiger partial charge in [0.1, 0.15) is 0 Å². The van der Waals surface area contributed by atoms with Crippen molar-refractivity contribution in [2.24, 2.45) is 0 Å². The molecular formula is C16H25NO2S. The van der Waals surface area contributed by atoms with Crippen molar-refractivity contribution in [2.75, 3.05) is 26.3 Å². The molecule has 3 rings (SSSR count). The molecule has 4 heteroatoms. The summed E-state index contributed by atoms with van der Waals surface area (Å²) >= 11 is 1.93. The van der Waals surface area contributed by atoms with Crippen LogP contribution in [0.1, 0.15) is 49.0 Å². The van der Waals surface area contributed by atoms with Crippen molar-refractivity contribution in [3.8, 4) is 0 Å². The fourth-order valence-corrected chi connectivity index (χ4v) is 4.23. The highest BCUT2D eigenvalue weighted by atomic mass is 32.1. The Morgan fingerprint density at radius 1 is 1.30 bits per heavy atom. The summed E-state index contributed by atoms with van der Waals surface area (Å²) in [7, 11) is 0. The minimum atomic E-state index is -0.00911.